The molecule has 1 aliphatic carbocycles. The number of hydrogen-bond acceptors (Lipinski definition) is 1. The van der Waals surface area contributed by atoms with E-state index in [1.54, 1.807) is 49.4 Å². The lowest BCUT2D eigenvalue weighted by molar-refractivity contribution is 0.314. The molecule has 0 amide bonds. The maximum Gasteiger partial charge on any atom is 0.201 e. The van der Waals surface area contributed by atoms with Gasteiger partial charge in [0.1, 0.15) is 0 Å². The smallest absolute Gasteiger partial charge is 0.201 e. The molecule has 35 heavy (non-hydrogen) atoms. The summed E-state index contributed by atoms with van der Waals surface area (Å²) >= 11 is 0. The van der Waals surface area contributed by atoms with Crippen LogP contribution in [0.5, 0.6) is 5.75 Å². The highest BCUT2D eigenvalue weighted by atomic mass is 19.2. The van der Waals surface area contributed by atoms with E-state index in [9.17, 15) is 17.6 Å². The molecule has 0 bridgehead atoms. The largest absolute Gasteiger partial charge is 0.491 e. The highest BCUT2D eigenvalue weighted by Gasteiger charge is 2.25. The Kier molecular flexibility index (Phi) is 7.74. The number of halogens is 4. The molecule has 0 atom stereocenters. The summed E-state index contributed by atoms with van der Waals surface area (Å²) in [6.45, 7) is 5.76. The van der Waals surface area contributed by atoms with E-state index in [2.05, 4.69) is 6.58 Å². The zero-order valence-electron chi connectivity index (χ0n) is 19.7. The van der Waals surface area contributed by atoms with Crippen LogP contribution in [-0.4, -0.2) is 6.61 Å². The molecule has 4 rings (SSSR count). The van der Waals surface area contributed by atoms with Crippen molar-refractivity contribution in [1.29, 1.82) is 0 Å². The van der Waals surface area contributed by atoms with Gasteiger partial charge in [-0.2, -0.15) is 4.39 Å². The Hall–Kier alpha value is -3.34. The SMILES string of the molecule is C=CC1CCC(c2ccc(C=Cc3ccc(-c4ccc(OCC)c(F)c4F)cc3)c(F)c2F)CC1. The summed E-state index contributed by atoms with van der Waals surface area (Å²) in [6.07, 6.45) is 8.66. The molecule has 0 radical (unpaired) electrons. The molecule has 0 spiro atoms. The summed E-state index contributed by atoms with van der Waals surface area (Å²) in [6, 6.07) is 12.9. The van der Waals surface area contributed by atoms with Gasteiger partial charge in [-0.05, 0) is 73.3 Å². The van der Waals surface area contributed by atoms with E-state index in [-0.39, 0.29) is 29.4 Å². The molecule has 0 saturated heterocycles. The van der Waals surface area contributed by atoms with E-state index >= 15 is 0 Å². The van der Waals surface area contributed by atoms with Crippen molar-refractivity contribution in [2.45, 2.75) is 38.5 Å². The maximum atomic E-state index is 14.8. The van der Waals surface area contributed by atoms with Crippen LogP contribution in [-0.2, 0) is 0 Å². The van der Waals surface area contributed by atoms with E-state index < -0.39 is 23.3 Å². The molecule has 3 aromatic rings. The fourth-order valence-corrected chi connectivity index (χ4v) is 4.67. The maximum absolute atomic E-state index is 14.8. The second-order valence-corrected chi connectivity index (χ2v) is 8.85. The van der Waals surface area contributed by atoms with E-state index in [0.29, 0.717) is 22.6 Å². The summed E-state index contributed by atoms with van der Waals surface area (Å²) in [4.78, 5) is 0. The Balaban J connectivity index is 1.49. The molecule has 1 aliphatic rings. The van der Waals surface area contributed by atoms with Crippen LogP contribution < -0.4 is 4.74 Å². The number of ether oxygens (including phenoxy) is 1. The van der Waals surface area contributed by atoms with Gasteiger partial charge in [-0.3, -0.25) is 0 Å². The second-order valence-electron chi connectivity index (χ2n) is 8.85. The molecule has 1 fully saturated rings. The third-order valence-corrected chi connectivity index (χ3v) is 6.71. The minimum Gasteiger partial charge on any atom is -0.491 e. The normalized spacial score (nSPS) is 18.1. The van der Waals surface area contributed by atoms with Crippen LogP contribution in [0.1, 0.15) is 55.2 Å². The first-order chi connectivity index (χ1) is 16.9. The second kappa shape index (κ2) is 10.9. The molecule has 1 nitrogen and oxygen atoms in total. The van der Waals surface area contributed by atoms with Gasteiger partial charge >= 0.3 is 0 Å². The molecule has 5 heteroatoms. The molecule has 0 unspecified atom stereocenters. The van der Waals surface area contributed by atoms with Gasteiger partial charge in [0.25, 0.3) is 0 Å². The molecule has 0 aliphatic heterocycles. The summed E-state index contributed by atoms with van der Waals surface area (Å²) < 4.78 is 63.4. The van der Waals surface area contributed by atoms with E-state index in [0.717, 1.165) is 25.7 Å². The van der Waals surface area contributed by atoms with Gasteiger partial charge < -0.3 is 4.74 Å². The topological polar surface area (TPSA) is 9.23 Å². The number of allylic oxidation sites excluding steroid dienone is 1. The first-order valence-corrected chi connectivity index (χ1v) is 11.9. The third kappa shape index (κ3) is 5.34. The Bertz CT molecular complexity index is 1220. The average molecular weight is 481 g/mol. The zero-order chi connectivity index (χ0) is 24.9. The average Bonchev–Trinajstić information content (AvgIpc) is 2.88. The van der Waals surface area contributed by atoms with Crippen molar-refractivity contribution in [3.63, 3.8) is 0 Å². The summed E-state index contributed by atoms with van der Waals surface area (Å²) in [5, 5.41) is 0. The lowest BCUT2D eigenvalue weighted by Gasteiger charge is -2.27. The van der Waals surface area contributed by atoms with Crippen LogP contribution >= 0.6 is 0 Å². The molecule has 3 aromatic carbocycles. The van der Waals surface area contributed by atoms with Crippen molar-refractivity contribution in [2.75, 3.05) is 6.61 Å². The van der Waals surface area contributed by atoms with Crippen LogP contribution in [0.2, 0.25) is 0 Å². The lowest BCUT2D eigenvalue weighted by atomic mass is 9.78. The fraction of sp³-hybridized carbons (Fsp3) is 0.267. The predicted octanol–water partition coefficient (Wildman–Crippen LogP) is 8.94. The first kappa shape index (κ1) is 24.8. The molecule has 182 valence electrons. The third-order valence-electron chi connectivity index (χ3n) is 6.71. The summed E-state index contributed by atoms with van der Waals surface area (Å²) in [5.41, 5.74) is 1.93. The lowest BCUT2D eigenvalue weighted by Crippen LogP contribution is -2.13. The molecule has 0 heterocycles. The van der Waals surface area contributed by atoms with Crippen LogP contribution in [0, 0.1) is 29.2 Å². The fourth-order valence-electron chi connectivity index (χ4n) is 4.67. The van der Waals surface area contributed by atoms with E-state index in [4.69, 9.17) is 4.74 Å². The van der Waals surface area contributed by atoms with Gasteiger partial charge in [-0.1, -0.05) is 54.6 Å². The van der Waals surface area contributed by atoms with Crippen LogP contribution in [0.15, 0.2) is 61.2 Å². The highest BCUT2D eigenvalue weighted by molar-refractivity contribution is 5.73. The Morgan fingerprint density at radius 1 is 0.800 bits per heavy atom. The van der Waals surface area contributed by atoms with Crippen molar-refractivity contribution >= 4 is 12.2 Å². The number of rotatable bonds is 7. The van der Waals surface area contributed by atoms with Gasteiger partial charge in [0.05, 0.1) is 6.61 Å². The minimum absolute atomic E-state index is 0.0270. The summed E-state index contributed by atoms with van der Waals surface area (Å²) in [7, 11) is 0. The zero-order valence-corrected chi connectivity index (χ0v) is 19.7. The van der Waals surface area contributed by atoms with E-state index in [1.165, 1.54) is 18.2 Å². The van der Waals surface area contributed by atoms with Gasteiger partial charge in [-0.15, -0.1) is 6.58 Å². The van der Waals surface area contributed by atoms with Crippen molar-refractivity contribution < 1.29 is 22.3 Å². The standard InChI is InChI=1S/C30H28F4O/c1-3-19-5-10-21(11-6-19)24-16-15-23(27(31)28(24)32)14-9-20-7-12-22(13-8-20)25-17-18-26(35-4-2)30(34)29(25)33/h3,7-9,12-19,21H,1,4-6,10-11H2,2H3. The van der Waals surface area contributed by atoms with Crippen molar-refractivity contribution in [3.8, 4) is 16.9 Å². The summed E-state index contributed by atoms with van der Waals surface area (Å²) in [5.74, 6) is -3.28. The minimum atomic E-state index is -1.02. The van der Waals surface area contributed by atoms with Crippen molar-refractivity contribution in [2.24, 2.45) is 5.92 Å². The Labute approximate surface area is 203 Å². The van der Waals surface area contributed by atoms with Crippen molar-refractivity contribution in [1.82, 2.24) is 0 Å². The van der Waals surface area contributed by atoms with Crippen molar-refractivity contribution in [3.05, 3.63) is 101 Å². The van der Waals surface area contributed by atoms with E-state index in [1.807, 2.05) is 6.08 Å². The first-order valence-electron chi connectivity index (χ1n) is 11.9. The molecule has 0 N–H and O–H groups in total. The molecule has 0 aromatic heterocycles. The predicted molar refractivity (Wildman–Crippen MR) is 133 cm³/mol. The van der Waals surface area contributed by atoms with Gasteiger partial charge in [0, 0.05) is 11.1 Å². The van der Waals surface area contributed by atoms with Gasteiger partial charge in [0.2, 0.25) is 5.82 Å². The number of hydrogen-bond donors (Lipinski definition) is 0. The Morgan fingerprint density at radius 2 is 1.51 bits per heavy atom. The highest BCUT2D eigenvalue weighted by Crippen LogP contribution is 2.38. The van der Waals surface area contributed by atoms with Crippen LogP contribution in [0.4, 0.5) is 17.6 Å². The quantitative estimate of drug-likeness (QED) is 0.186. The van der Waals surface area contributed by atoms with Gasteiger partial charge in [0.15, 0.2) is 23.2 Å². The van der Waals surface area contributed by atoms with Gasteiger partial charge in [-0.25, -0.2) is 13.2 Å². The monoisotopic (exact) mass is 480 g/mol. The Morgan fingerprint density at radius 3 is 2.17 bits per heavy atom. The molecule has 1 saturated carbocycles. The molecular weight excluding hydrogens is 452 g/mol. The molecular formula is C30H28F4O. The van der Waals surface area contributed by atoms with Crippen LogP contribution in [0.3, 0.4) is 0 Å². The van der Waals surface area contributed by atoms with Crippen LogP contribution in [0.25, 0.3) is 23.3 Å². The number of benzene rings is 3.